The lowest BCUT2D eigenvalue weighted by Gasteiger charge is -2.15. The van der Waals surface area contributed by atoms with Crippen LogP contribution < -0.4 is 14.4 Å². The van der Waals surface area contributed by atoms with Crippen LogP contribution in [0.3, 0.4) is 0 Å². The van der Waals surface area contributed by atoms with E-state index < -0.39 is 0 Å². The van der Waals surface area contributed by atoms with Gasteiger partial charge in [0.15, 0.2) is 11.5 Å². The molecular formula is C20H18FN3O4. The molecule has 1 amide bonds. The third kappa shape index (κ3) is 3.17. The molecule has 4 rings (SSSR count). The van der Waals surface area contributed by atoms with Crippen molar-refractivity contribution in [1.82, 2.24) is 10.1 Å². The second-order valence-electron chi connectivity index (χ2n) is 6.38. The third-order valence-electron chi connectivity index (χ3n) is 4.70. The first-order valence-corrected chi connectivity index (χ1v) is 8.71. The van der Waals surface area contributed by atoms with Crippen molar-refractivity contribution in [3.05, 3.63) is 54.2 Å². The number of para-hydroxylation sites is 1. The SMILES string of the molecule is COc1cccc(-c2noc([C@H]3CC(=O)N(c4ccc(F)cc4)C3)n2)c1OC. The van der Waals surface area contributed by atoms with E-state index in [0.29, 0.717) is 41.0 Å². The maximum atomic E-state index is 13.1. The number of nitrogens with zero attached hydrogens (tertiary/aromatic N) is 3. The van der Waals surface area contributed by atoms with Crippen molar-refractivity contribution < 1.29 is 23.2 Å². The highest BCUT2D eigenvalue weighted by molar-refractivity contribution is 5.96. The van der Waals surface area contributed by atoms with Crippen molar-refractivity contribution in [1.29, 1.82) is 0 Å². The number of hydrogen-bond donors (Lipinski definition) is 0. The van der Waals surface area contributed by atoms with Gasteiger partial charge in [0, 0.05) is 18.7 Å². The smallest absolute Gasteiger partial charge is 0.232 e. The predicted molar refractivity (Wildman–Crippen MR) is 98.9 cm³/mol. The summed E-state index contributed by atoms with van der Waals surface area (Å²) < 4.78 is 29.3. The molecular weight excluding hydrogens is 365 g/mol. The Labute approximate surface area is 160 Å². The topological polar surface area (TPSA) is 77.7 Å². The van der Waals surface area contributed by atoms with Gasteiger partial charge in [0.1, 0.15) is 5.82 Å². The molecule has 0 unspecified atom stereocenters. The molecule has 2 aromatic carbocycles. The van der Waals surface area contributed by atoms with Crippen molar-refractivity contribution in [2.45, 2.75) is 12.3 Å². The van der Waals surface area contributed by atoms with Crippen LogP contribution in [0.2, 0.25) is 0 Å². The lowest BCUT2D eigenvalue weighted by molar-refractivity contribution is -0.117. The first-order valence-electron chi connectivity index (χ1n) is 8.71. The Morgan fingerprint density at radius 3 is 2.64 bits per heavy atom. The van der Waals surface area contributed by atoms with Crippen molar-refractivity contribution >= 4 is 11.6 Å². The Kier molecular flexibility index (Phi) is 4.68. The van der Waals surface area contributed by atoms with E-state index >= 15 is 0 Å². The number of amides is 1. The van der Waals surface area contributed by atoms with Gasteiger partial charge >= 0.3 is 0 Å². The van der Waals surface area contributed by atoms with Gasteiger partial charge in [0.2, 0.25) is 17.6 Å². The van der Waals surface area contributed by atoms with E-state index in [0.717, 1.165) is 0 Å². The van der Waals surface area contributed by atoms with Gasteiger partial charge in [-0.3, -0.25) is 4.79 Å². The Hall–Kier alpha value is -3.42. The van der Waals surface area contributed by atoms with Crippen molar-refractivity contribution in [3.63, 3.8) is 0 Å². The lowest BCUT2D eigenvalue weighted by atomic mass is 10.1. The Balaban J connectivity index is 1.59. The number of anilines is 1. The summed E-state index contributed by atoms with van der Waals surface area (Å²) in [4.78, 5) is 18.5. The lowest BCUT2D eigenvalue weighted by Crippen LogP contribution is -2.24. The van der Waals surface area contributed by atoms with E-state index in [1.807, 2.05) is 6.07 Å². The number of halogens is 1. The number of hydrogen-bond acceptors (Lipinski definition) is 6. The molecule has 1 fully saturated rings. The highest BCUT2D eigenvalue weighted by Crippen LogP contribution is 2.38. The molecule has 144 valence electrons. The summed E-state index contributed by atoms with van der Waals surface area (Å²) in [7, 11) is 3.09. The van der Waals surface area contributed by atoms with Gasteiger partial charge in [-0.2, -0.15) is 4.98 Å². The fourth-order valence-corrected chi connectivity index (χ4v) is 3.32. The molecule has 0 aliphatic carbocycles. The Bertz CT molecular complexity index is 1000. The first kappa shape index (κ1) is 18.0. The van der Waals surface area contributed by atoms with Crippen molar-refractivity contribution in [3.8, 4) is 22.9 Å². The summed E-state index contributed by atoms with van der Waals surface area (Å²) in [6, 6.07) is 11.2. The van der Waals surface area contributed by atoms with Gasteiger partial charge < -0.3 is 18.9 Å². The normalized spacial score (nSPS) is 16.5. The zero-order valence-electron chi connectivity index (χ0n) is 15.4. The first-order chi connectivity index (χ1) is 13.6. The van der Waals surface area contributed by atoms with Gasteiger partial charge in [-0.05, 0) is 36.4 Å². The van der Waals surface area contributed by atoms with Crippen LogP contribution in [0.5, 0.6) is 11.5 Å². The molecule has 1 saturated heterocycles. The standard InChI is InChI=1S/C20H18FN3O4/c1-26-16-5-3-4-15(18(16)27-2)19-22-20(28-23-19)12-10-17(25)24(11-12)14-8-6-13(21)7-9-14/h3-9,12H,10-11H2,1-2H3/t12-/m0/s1. The number of rotatable bonds is 5. The van der Waals surface area contributed by atoms with E-state index in [4.69, 9.17) is 14.0 Å². The van der Waals surface area contributed by atoms with E-state index in [1.165, 1.54) is 12.1 Å². The number of methoxy groups -OCH3 is 2. The summed E-state index contributed by atoms with van der Waals surface area (Å²) in [5.41, 5.74) is 1.28. The molecule has 0 saturated carbocycles. The van der Waals surface area contributed by atoms with E-state index in [2.05, 4.69) is 10.1 Å². The Morgan fingerprint density at radius 1 is 1.14 bits per heavy atom. The van der Waals surface area contributed by atoms with Crippen LogP contribution in [0.1, 0.15) is 18.2 Å². The Morgan fingerprint density at radius 2 is 1.93 bits per heavy atom. The van der Waals surface area contributed by atoms with E-state index in [9.17, 15) is 9.18 Å². The maximum Gasteiger partial charge on any atom is 0.232 e. The molecule has 2 heterocycles. The molecule has 0 N–H and O–H groups in total. The summed E-state index contributed by atoms with van der Waals surface area (Å²) >= 11 is 0. The molecule has 0 radical (unpaired) electrons. The predicted octanol–water partition coefficient (Wildman–Crippen LogP) is 3.41. The summed E-state index contributed by atoms with van der Waals surface area (Å²) in [6.45, 7) is 0.390. The minimum Gasteiger partial charge on any atom is -0.493 e. The molecule has 1 atom stereocenters. The molecule has 1 aliphatic rings. The minimum absolute atomic E-state index is 0.0738. The van der Waals surface area contributed by atoms with Gasteiger partial charge in [-0.1, -0.05) is 11.2 Å². The molecule has 3 aromatic rings. The highest BCUT2D eigenvalue weighted by atomic mass is 19.1. The average molecular weight is 383 g/mol. The van der Waals surface area contributed by atoms with Crippen molar-refractivity contribution in [2.75, 3.05) is 25.7 Å². The summed E-state index contributed by atoms with van der Waals surface area (Å²) in [5.74, 6) is 1.14. The number of ether oxygens (including phenoxy) is 2. The van der Waals surface area contributed by atoms with Crippen LogP contribution in [-0.2, 0) is 4.79 Å². The van der Waals surface area contributed by atoms with E-state index in [1.54, 1.807) is 43.4 Å². The zero-order chi connectivity index (χ0) is 19.7. The monoisotopic (exact) mass is 383 g/mol. The van der Waals surface area contributed by atoms with Crippen LogP contribution >= 0.6 is 0 Å². The van der Waals surface area contributed by atoms with Crippen LogP contribution in [-0.4, -0.2) is 36.8 Å². The highest BCUT2D eigenvalue weighted by Gasteiger charge is 2.35. The second kappa shape index (κ2) is 7.30. The van der Waals surface area contributed by atoms with Crippen molar-refractivity contribution in [2.24, 2.45) is 0 Å². The number of benzene rings is 2. The van der Waals surface area contributed by atoms with Crippen LogP contribution in [0.4, 0.5) is 10.1 Å². The van der Waals surface area contributed by atoms with Gasteiger partial charge in [-0.15, -0.1) is 0 Å². The largest absolute Gasteiger partial charge is 0.493 e. The number of carbonyl (C=O) groups excluding carboxylic acids is 1. The molecule has 7 nitrogen and oxygen atoms in total. The summed E-state index contributed by atoms with van der Waals surface area (Å²) in [5, 5.41) is 4.05. The third-order valence-corrected chi connectivity index (χ3v) is 4.70. The molecule has 1 aliphatic heterocycles. The van der Waals surface area contributed by atoms with Crippen LogP contribution in [0.25, 0.3) is 11.4 Å². The fraction of sp³-hybridized carbons (Fsp3) is 0.250. The number of carbonyl (C=O) groups is 1. The van der Waals surface area contributed by atoms with Gasteiger partial charge in [-0.25, -0.2) is 4.39 Å². The summed E-state index contributed by atoms with van der Waals surface area (Å²) in [6.07, 6.45) is 0.244. The quantitative estimate of drug-likeness (QED) is 0.672. The van der Waals surface area contributed by atoms with E-state index in [-0.39, 0.29) is 24.1 Å². The molecule has 28 heavy (non-hydrogen) atoms. The van der Waals surface area contributed by atoms with Gasteiger partial charge in [0.05, 0.1) is 25.7 Å². The number of aromatic nitrogens is 2. The minimum atomic E-state index is -0.347. The zero-order valence-corrected chi connectivity index (χ0v) is 15.4. The maximum absolute atomic E-state index is 13.1. The molecule has 0 bridgehead atoms. The van der Waals surface area contributed by atoms with Gasteiger partial charge in [0.25, 0.3) is 0 Å². The molecule has 0 spiro atoms. The van der Waals surface area contributed by atoms with Crippen LogP contribution in [0.15, 0.2) is 47.0 Å². The fourth-order valence-electron chi connectivity index (χ4n) is 3.32. The second-order valence-corrected chi connectivity index (χ2v) is 6.38. The average Bonchev–Trinajstić information content (AvgIpc) is 3.35. The molecule has 1 aromatic heterocycles. The van der Waals surface area contributed by atoms with Crippen LogP contribution in [0, 0.1) is 5.82 Å². The molecule has 8 heteroatoms.